The molecule has 1 atom stereocenters. The molecule has 0 fully saturated rings. The third-order valence-corrected chi connectivity index (χ3v) is 6.78. The summed E-state index contributed by atoms with van der Waals surface area (Å²) < 4.78 is 20.8. The van der Waals surface area contributed by atoms with Gasteiger partial charge in [0.05, 0.1) is 6.04 Å². The summed E-state index contributed by atoms with van der Waals surface area (Å²) in [6.07, 6.45) is 0.936. The largest absolute Gasteiger partial charge is 0.423 e. The molecule has 11 nitrogen and oxygen atoms in total. The van der Waals surface area contributed by atoms with Crippen molar-refractivity contribution in [2.75, 3.05) is 6.54 Å². The molecule has 0 bridgehead atoms. The summed E-state index contributed by atoms with van der Waals surface area (Å²) in [5.41, 5.74) is 3.73. The average Bonchev–Trinajstić information content (AvgIpc) is 2.94. The number of nitrogens with one attached hydrogen (secondary N) is 1. The van der Waals surface area contributed by atoms with Crippen molar-refractivity contribution >= 4 is 29.8 Å². The molecule has 1 aliphatic heterocycles. The lowest BCUT2D eigenvalue weighted by Crippen LogP contribution is -2.50. The molecular formula is C33H34N2O9. The first-order chi connectivity index (χ1) is 21.0. The highest BCUT2D eigenvalue weighted by molar-refractivity contribution is 5.82. The van der Waals surface area contributed by atoms with Crippen LogP contribution in [0.2, 0.25) is 0 Å². The van der Waals surface area contributed by atoms with Crippen molar-refractivity contribution in [3.05, 3.63) is 82.9 Å². The molecule has 3 aromatic carbocycles. The van der Waals surface area contributed by atoms with E-state index >= 15 is 0 Å². The highest BCUT2D eigenvalue weighted by atomic mass is 16.6. The Labute approximate surface area is 255 Å². The lowest BCUT2D eigenvalue weighted by Gasteiger charge is -2.36. The van der Waals surface area contributed by atoms with Crippen LogP contribution in [-0.2, 0) is 49.9 Å². The Morgan fingerprint density at radius 3 is 1.75 bits per heavy atom. The van der Waals surface area contributed by atoms with Gasteiger partial charge in [0.25, 0.3) is 0 Å². The van der Waals surface area contributed by atoms with E-state index in [2.05, 4.69) is 5.32 Å². The van der Waals surface area contributed by atoms with E-state index in [0.717, 1.165) is 22.3 Å². The van der Waals surface area contributed by atoms with E-state index in [1.807, 2.05) is 29.2 Å². The van der Waals surface area contributed by atoms with Gasteiger partial charge in [0.15, 0.2) is 23.0 Å². The fraction of sp³-hybridized carbons (Fsp3) is 0.303. The minimum Gasteiger partial charge on any atom is -0.423 e. The van der Waals surface area contributed by atoms with Gasteiger partial charge in [-0.15, -0.1) is 0 Å². The molecule has 230 valence electrons. The van der Waals surface area contributed by atoms with Gasteiger partial charge in [-0.2, -0.15) is 0 Å². The van der Waals surface area contributed by atoms with Gasteiger partial charge in [-0.3, -0.25) is 28.9 Å². The molecule has 1 N–H and O–H groups in total. The number of amides is 1. The number of carbonyl (C=O) groups excluding carboxylic acids is 5. The van der Waals surface area contributed by atoms with E-state index in [1.165, 1.54) is 27.7 Å². The summed E-state index contributed by atoms with van der Waals surface area (Å²) in [7, 11) is 0. The van der Waals surface area contributed by atoms with Crippen molar-refractivity contribution in [1.82, 2.24) is 10.2 Å². The second-order valence-electron chi connectivity index (χ2n) is 10.4. The maximum Gasteiger partial charge on any atom is 0.308 e. The maximum atomic E-state index is 13.6. The number of hydrogen-bond acceptors (Lipinski definition) is 10. The number of rotatable bonds is 10. The molecule has 1 aliphatic rings. The third kappa shape index (κ3) is 8.74. The van der Waals surface area contributed by atoms with E-state index < -0.39 is 29.9 Å². The molecule has 0 radical (unpaired) electrons. The molecule has 0 spiro atoms. The summed E-state index contributed by atoms with van der Waals surface area (Å²) in [4.78, 5) is 61.8. The zero-order valence-corrected chi connectivity index (χ0v) is 25.0. The van der Waals surface area contributed by atoms with Gasteiger partial charge >= 0.3 is 23.9 Å². The van der Waals surface area contributed by atoms with Crippen LogP contribution in [0.25, 0.3) is 0 Å². The molecule has 4 rings (SSSR count). The van der Waals surface area contributed by atoms with Crippen LogP contribution >= 0.6 is 0 Å². The highest BCUT2D eigenvalue weighted by Gasteiger charge is 2.31. The highest BCUT2D eigenvalue weighted by Crippen LogP contribution is 2.32. The van der Waals surface area contributed by atoms with Crippen LogP contribution in [0.4, 0.5) is 0 Å². The molecule has 0 aromatic heterocycles. The zero-order chi connectivity index (χ0) is 31.8. The standard InChI is InChI=1S/C33H34N2O9/c1-20(36)41-29-11-9-24(15-31(29)43-22(3)38)13-14-34-33(40)28-17-26-7-5-6-8-27(26)19-35(28)18-25-10-12-30(42-21(2)37)32(16-25)44-23(4)39/h5-12,15-16,28H,13-14,17-19H2,1-4H3,(H,34,40). The van der Waals surface area contributed by atoms with Crippen LogP contribution in [0.15, 0.2) is 60.7 Å². The summed E-state index contributed by atoms with van der Waals surface area (Å²) in [5, 5.41) is 3.02. The molecule has 0 saturated heterocycles. The Morgan fingerprint density at radius 1 is 0.682 bits per heavy atom. The molecule has 3 aromatic rings. The molecule has 1 unspecified atom stereocenters. The van der Waals surface area contributed by atoms with E-state index in [0.29, 0.717) is 32.5 Å². The van der Waals surface area contributed by atoms with Crippen molar-refractivity contribution in [2.45, 2.75) is 59.7 Å². The Balaban J connectivity index is 1.49. The second kappa shape index (κ2) is 14.4. The van der Waals surface area contributed by atoms with Crippen molar-refractivity contribution in [3.8, 4) is 23.0 Å². The number of carbonyl (C=O) groups is 5. The van der Waals surface area contributed by atoms with Crippen LogP contribution in [-0.4, -0.2) is 47.3 Å². The fourth-order valence-electron chi connectivity index (χ4n) is 4.99. The summed E-state index contributed by atoms with van der Waals surface area (Å²) in [6.45, 7) is 6.23. The zero-order valence-electron chi connectivity index (χ0n) is 25.0. The number of nitrogens with zero attached hydrogens (tertiary/aromatic N) is 1. The minimum absolute atomic E-state index is 0.122. The fourth-order valence-corrected chi connectivity index (χ4v) is 4.99. The van der Waals surface area contributed by atoms with Gasteiger partial charge < -0.3 is 24.3 Å². The van der Waals surface area contributed by atoms with Crippen LogP contribution in [0.3, 0.4) is 0 Å². The van der Waals surface area contributed by atoms with Crippen LogP contribution < -0.4 is 24.3 Å². The van der Waals surface area contributed by atoms with E-state index in [9.17, 15) is 24.0 Å². The molecule has 0 saturated carbocycles. The summed E-state index contributed by atoms with van der Waals surface area (Å²) in [5.74, 6) is -1.84. The lowest BCUT2D eigenvalue weighted by molar-refractivity contribution is -0.134. The van der Waals surface area contributed by atoms with Gasteiger partial charge in [-0.1, -0.05) is 36.4 Å². The normalized spacial score (nSPS) is 14.1. The quantitative estimate of drug-likeness (QED) is 0.270. The monoisotopic (exact) mass is 602 g/mol. The van der Waals surface area contributed by atoms with E-state index in [1.54, 1.807) is 36.4 Å². The van der Waals surface area contributed by atoms with Gasteiger partial charge in [-0.05, 0) is 59.4 Å². The number of benzene rings is 3. The number of fused-ring (bicyclic) bond motifs is 1. The van der Waals surface area contributed by atoms with Gasteiger partial charge in [-0.25, -0.2) is 0 Å². The Bertz CT molecular complexity index is 1580. The average molecular weight is 603 g/mol. The van der Waals surface area contributed by atoms with Gasteiger partial charge in [0.2, 0.25) is 5.91 Å². The summed E-state index contributed by atoms with van der Waals surface area (Å²) >= 11 is 0. The predicted octanol–water partition coefficient (Wildman–Crippen LogP) is 3.67. The lowest BCUT2D eigenvalue weighted by atomic mass is 9.93. The molecule has 11 heteroatoms. The van der Waals surface area contributed by atoms with Crippen molar-refractivity contribution in [2.24, 2.45) is 0 Å². The topological polar surface area (TPSA) is 138 Å². The number of hydrogen-bond donors (Lipinski definition) is 1. The van der Waals surface area contributed by atoms with Crippen molar-refractivity contribution in [1.29, 1.82) is 0 Å². The Kier molecular flexibility index (Phi) is 10.5. The number of esters is 4. The Morgan fingerprint density at radius 2 is 1.18 bits per heavy atom. The molecule has 44 heavy (non-hydrogen) atoms. The van der Waals surface area contributed by atoms with Gasteiger partial charge in [0, 0.05) is 47.3 Å². The first kappa shape index (κ1) is 31.9. The first-order valence-corrected chi connectivity index (χ1v) is 14.1. The minimum atomic E-state index is -0.555. The molecular weight excluding hydrogens is 568 g/mol. The van der Waals surface area contributed by atoms with Crippen molar-refractivity contribution in [3.63, 3.8) is 0 Å². The van der Waals surface area contributed by atoms with Crippen molar-refractivity contribution < 1.29 is 42.9 Å². The van der Waals surface area contributed by atoms with Crippen LogP contribution in [0, 0.1) is 0 Å². The third-order valence-electron chi connectivity index (χ3n) is 6.78. The van der Waals surface area contributed by atoms with Crippen LogP contribution in [0.1, 0.15) is 49.9 Å². The van der Waals surface area contributed by atoms with Crippen LogP contribution in [0.5, 0.6) is 23.0 Å². The molecule has 1 amide bonds. The molecule has 0 aliphatic carbocycles. The van der Waals surface area contributed by atoms with Gasteiger partial charge in [0.1, 0.15) is 0 Å². The Hall–Kier alpha value is -5.03. The van der Waals surface area contributed by atoms with E-state index in [-0.39, 0.29) is 28.9 Å². The maximum absolute atomic E-state index is 13.6. The van der Waals surface area contributed by atoms with E-state index in [4.69, 9.17) is 18.9 Å². The smallest absolute Gasteiger partial charge is 0.308 e. The number of ether oxygens (including phenoxy) is 4. The SMILES string of the molecule is CC(=O)Oc1ccc(CCNC(=O)C2Cc3ccccc3CN2Cc2ccc(OC(C)=O)c(OC(C)=O)c2)cc1OC(C)=O. The molecule has 1 heterocycles. The first-order valence-electron chi connectivity index (χ1n) is 14.1. The predicted molar refractivity (Wildman–Crippen MR) is 158 cm³/mol. The second-order valence-corrected chi connectivity index (χ2v) is 10.4. The summed E-state index contributed by atoms with van der Waals surface area (Å²) in [6, 6.07) is 17.3.